The lowest BCUT2D eigenvalue weighted by Crippen LogP contribution is -2.29. The highest BCUT2D eigenvalue weighted by Gasteiger charge is 2.20. The Bertz CT molecular complexity index is 749. The number of hydrogen-bond acceptors (Lipinski definition) is 4. The van der Waals surface area contributed by atoms with E-state index in [0.717, 1.165) is 16.9 Å². The van der Waals surface area contributed by atoms with Crippen molar-refractivity contribution < 1.29 is 9.72 Å². The Morgan fingerprint density at radius 1 is 1.25 bits per heavy atom. The van der Waals surface area contributed by atoms with Gasteiger partial charge in [0.05, 0.1) is 11.0 Å². The lowest BCUT2D eigenvalue weighted by Gasteiger charge is -2.25. The second-order valence-electron chi connectivity index (χ2n) is 5.58. The molecule has 1 amide bonds. The molecule has 0 heterocycles. The first-order chi connectivity index (χ1) is 11.4. The largest absolute Gasteiger partial charge is 0.335 e. The molecule has 0 unspecified atom stereocenters. The molecule has 0 aliphatic rings. The van der Waals surface area contributed by atoms with Crippen LogP contribution >= 0.6 is 11.8 Å². The molecule has 2 aromatic rings. The smallest absolute Gasteiger partial charge is 0.269 e. The Hall–Kier alpha value is -2.34. The number of carbonyl (C=O) groups is 1. The topological polar surface area (TPSA) is 63.5 Å². The van der Waals surface area contributed by atoms with Crippen molar-refractivity contribution in [2.45, 2.75) is 18.7 Å². The third kappa shape index (κ3) is 4.14. The van der Waals surface area contributed by atoms with Gasteiger partial charge in [-0.3, -0.25) is 14.9 Å². The van der Waals surface area contributed by atoms with E-state index >= 15 is 0 Å². The molecule has 24 heavy (non-hydrogen) atoms. The van der Waals surface area contributed by atoms with Gasteiger partial charge in [0.1, 0.15) is 0 Å². The Morgan fingerprint density at radius 2 is 1.96 bits per heavy atom. The van der Waals surface area contributed by atoms with Crippen LogP contribution in [-0.2, 0) is 5.75 Å². The molecular formula is C18H20N2O3S. The van der Waals surface area contributed by atoms with Crippen LogP contribution in [0.4, 0.5) is 5.69 Å². The maximum absolute atomic E-state index is 12.7. The molecule has 0 spiro atoms. The number of amides is 1. The van der Waals surface area contributed by atoms with Crippen LogP contribution in [0.1, 0.15) is 34.5 Å². The van der Waals surface area contributed by atoms with Gasteiger partial charge in [0, 0.05) is 30.5 Å². The van der Waals surface area contributed by atoms with Crippen molar-refractivity contribution in [3.63, 3.8) is 0 Å². The third-order valence-corrected chi connectivity index (χ3v) is 4.57. The quantitative estimate of drug-likeness (QED) is 0.579. The number of thioether (sulfide) groups is 1. The highest BCUT2D eigenvalue weighted by molar-refractivity contribution is 7.97. The van der Waals surface area contributed by atoms with Gasteiger partial charge in [-0.1, -0.05) is 24.3 Å². The molecule has 1 atom stereocenters. The minimum absolute atomic E-state index is 0.0298. The molecule has 126 valence electrons. The highest BCUT2D eigenvalue weighted by Crippen LogP contribution is 2.24. The predicted octanol–water partition coefficient (Wildman–Crippen LogP) is 4.29. The molecule has 0 aliphatic heterocycles. The zero-order chi connectivity index (χ0) is 17.7. The van der Waals surface area contributed by atoms with Crippen LogP contribution < -0.4 is 0 Å². The van der Waals surface area contributed by atoms with Crippen molar-refractivity contribution in [2.24, 2.45) is 0 Å². The van der Waals surface area contributed by atoms with E-state index in [9.17, 15) is 14.9 Å². The maximum atomic E-state index is 12.7. The van der Waals surface area contributed by atoms with Crippen molar-refractivity contribution in [3.8, 4) is 0 Å². The average Bonchev–Trinajstić information content (AvgIpc) is 2.60. The number of nitrogens with zero attached hydrogens (tertiary/aromatic N) is 2. The molecule has 0 fully saturated rings. The summed E-state index contributed by atoms with van der Waals surface area (Å²) in [7, 11) is 1.72. The van der Waals surface area contributed by atoms with Gasteiger partial charge in [-0.25, -0.2) is 0 Å². The summed E-state index contributed by atoms with van der Waals surface area (Å²) in [5, 5.41) is 10.9. The van der Waals surface area contributed by atoms with E-state index in [0.29, 0.717) is 5.56 Å². The molecule has 0 radical (unpaired) electrons. The van der Waals surface area contributed by atoms with Gasteiger partial charge in [0.25, 0.3) is 11.6 Å². The molecule has 2 aromatic carbocycles. The van der Waals surface area contributed by atoms with Gasteiger partial charge in [-0.15, -0.1) is 0 Å². The first kappa shape index (κ1) is 18.0. The van der Waals surface area contributed by atoms with Crippen molar-refractivity contribution in [1.29, 1.82) is 0 Å². The maximum Gasteiger partial charge on any atom is 0.269 e. The Morgan fingerprint density at radius 3 is 2.62 bits per heavy atom. The van der Waals surface area contributed by atoms with E-state index in [2.05, 4.69) is 0 Å². The second kappa shape index (κ2) is 7.97. The number of rotatable bonds is 6. The van der Waals surface area contributed by atoms with Crippen LogP contribution in [0.15, 0.2) is 48.5 Å². The van der Waals surface area contributed by atoms with Crippen LogP contribution in [0, 0.1) is 10.1 Å². The minimum Gasteiger partial charge on any atom is -0.335 e. The summed E-state index contributed by atoms with van der Waals surface area (Å²) >= 11 is 1.70. The van der Waals surface area contributed by atoms with Crippen LogP contribution in [-0.4, -0.2) is 29.0 Å². The van der Waals surface area contributed by atoms with Crippen molar-refractivity contribution in [2.75, 3.05) is 13.3 Å². The monoisotopic (exact) mass is 344 g/mol. The van der Waals surface area contributed by atoms with Crippen molar-refractivity contribution in [1.82, 2.24) is 4.90 Å². The molecular weight excluding hydrogens is 324 g/mol. The standard InChI is InChI=1S/C18H20N2O3S/c1-13(15-7-5-9-17(11-15)20(22)23)19(2)18(21)16-8-4-6-14(10-16)12-24-3/h4-11,13H,12H2,1-3H3/t13-/m1/s1. The molecule has 0 saturated heterocycles. The molecule has 0 N–H and O–H groups in total. The molecule has 0 aromatic heterocycles. The fourth-order valence-corrected chi connectivity index (χ4v) is 2.98. The SMILES string of the molecule is CSCc1cccc(C(=O)N(C)[C@H](C)c2cccc([N+](=O)[O-])c2)c1. The van der Waals surface area contributed by atoms with Gasteiger partial charge >= 0.3 is 0 Å². The van der Waals surface area contributed by atoms with Gasteiger partial charge in [0.15, 0.2) is 0 Å². The summed E-state index contributed by atoms with van der Waals surface area (Å²) in [5.74, 6) is 0.752. The van der Waals surface area contributed by atoms with Crippen molar-refractivity contribution in [3.05, 3.63) is 75.3 Å². The summed E-state index contributed by atoms with van der Waals surface area (Å²) < 4.78 is 0. The summed E-state index contributed by atoms with van der Waals surface area (Å²) in [5.41, 5.74) is 2.49. The number of nitro benzene ring substituents is 1. The van der Waals surface area contributed by atoms with Crippen LogP contribution in [0.3, 0.4) is 0 Å². The Labute approximate surface area is 145 Å². The normalized spacial score (nSPS) is 11.8. The Balaban J connectivity index is 2.22. The highest BCUT2D eigenvalue weighted by atomic mass is 32.2. The van der Waals surface area contributed by atoms with E-state index in [1.165, 1.54) is 12.1 Å². The summed E-state index contributed by atoms with van der Waals surface area (Å²) in [6, 6.07) is 13.7. The fourth-order valence-electron chi connectivity index (χ4n) is 2.46. The number of non-ortho nitro benzene ring substituents is 1. The molecule has 0 bridgehead atoms. The third-order valence-electron chi connectivity index (χ3n) is 3.95. The number of benzene rings is 2. The van der Waals surface area contributed by atoms with E-state index in [1.54, 1.807) is 41.9 Å². The van der Waals surface area contributed by atoms with Crippen LogP contribution in [0.25, 0.3) is 0 Å². The first-order valence-electron chi connectivity index (χ1n) is 7.53. The number of carbonyl (C=O) groups excluding carboxylic acids is 1. The number of hydrogen-bond donors (Lipinski definition) is 0. The first-order valence-corrected chi connectivity index (χ1v) is 8.92. The zero-order valence-corrected chi connectivity index (χ0v) is 14.7. The van der Waals surface area contributed by atoms with Gasteiger partial charge in [0.2, 0.25) is 0 Å². The Kier molecular flexibility index (Phi) is 5.98. The van der Waals surface area contributed by atoms with E-state index < -0.39 is 4.92 Å². The van der Waals surface area contributed by atoms with Gasteiger partial charge in [-0.05, 0) is 36.4 Å². The predicted molar refractivity (Wildman–Crippen MR) is 97.3 cm³/mol. The molecule has 0 saturated carbocycles. The molecule has 0 aliphatic carbocycles. The van der Waals surface area contributed by atoms with Gasteiger partial charge in [-0.2, -0.15) is 11.8 Å². The summed E-state index contributed by atoms with van der Waals surface area (Å²) in [6.07, 6.45) is 2.02. The minimum atomic E-state index is -0.427. The number of nitro groups is 1. The van der Waals surface area contributed by atoms with Crippen LogP contribution in [0.2, 0.25) is 0 Å². The van der Waals surface area contributed by atoms with Gasteiger partial charge < -0.3 is 4.90 Å². The van der Waals surface area contributed by atoms with E-state index in [4.69, 9.17) is 0 Å². The fraction of sp³-hybridized carbons (Fsp3) is 0.278. The summed E-state index contributed by atoms with van der Waals surface area (Å²) in [4.78, 5) is 24.8. The molecule has 6 heteroatoms. The lowest BCUT2D eigenvalue weighted by atomic mass is 10.0. The molecule has 2 rings (SSSR count). The zero-order valence-electron chi connectivity index (χ0n) is 13.9. The van der Waals surface area contributed by atoms with Crippen LogP contribution in [0.5, 0.6) is 0 Å². The van der Waals surface area contributed by atoms with E-state index in [-0.39, 0.29) is 17.6 Å². The molecule has 5 nitrogen and oxygen atoms in total. The second-order valence-corrected chi connectivity index (χ2v) is 6.44. The van der Waals surface area contributed by atoms with E-state index in [1.807, 2.05) is 31.4 Å². The van der Waals surface area contributed by atoms with Crippen molar-refractivity contribution >= 4 is 23.4 Å². The summed E-state index contributed by atoms with van der Waals surface area (Å²) in [6.45, 7) is 1.86. The lowest BCUT2D eigenvalue weighted by molar-refractivity contribution is -0.384. The average molecular weight is 344 g/mol.